The lowest BCUT2D eigenvalue weighted by atomic mass is 10.1. The van der Waals surface area contributed by atoms with Gasteiger partial charge < -0.3 is 14.2 Å². The summed E-state index contributed by atoms with van der Waals surface area (Å²) in [6, 6.07) is 17.7. The second kappa shape index (κ2) is 13.6. The van der Waals surface area contributed by atoms with Gasteiger partial charge in [0.15, 0.2) is 11.5 Å². The van der Waals surface area contributed by atoms with E-state index in [0.717, 1.165) is 16.9 Å². The number of carbonyl (C=O) groups excluding carboxylic acids is 3. The minimum Gasteiger partial charge on any atom is -0.490 e. The Balaban J connectivity index is 1.55. The third-order valence-electron chi connectivity index (χ3n) is 5.85. The summed E-state index contributed by atoms with van der Waals surface area (Å²) in [5.41, 5.74) is 2.06. The maximum atomic E-state index is 13.3. The van der Waals surface area contributed by atoms with Crippen molar-refractivity contribution in [2.75, 3.05) is 13.2 Å². The molecule has 0 bridgehead atoms. The van der Waals surface area contributed by atoms with E-state index in [1.165, 1.54) is 6.08 Å². The van der Waals surface area contributed by atoms with Crippen molar-refractivity contribution in [2.24, 2.45) is 0 Å². The van der Waals surface area contributed by atoms with Gasteiger partial charge in [0.25, 0.3) is 11.8 Å². The fourth-order valence-electron chi connectivity index (χ4n) is 3.97. The van der Waals surface area contributed by atoms with Crippen molar-refractivity contribution in [3.63, 3.8) is 0 Å². The largest absolute Gasteiger partial charge is 0.490 e. The van der Waals surface area contributed by atoms with Gasteiger partial charge in [0.2, 0.25) is 0 Å². The van der Waals surface area contributed by atoms with Gasteiger partial charge in [0, 0.05) is 0 Å². The van der Waals surface area contributed by atoms with Crippen LogP contribution >= 0.6 is 31.9 Å². The lowest BCUT2D eigenvalue weighted by Crippen LogP contribution is -2.53. The molecule has 40 heavy (non-hydrogen) atoms. The predicted octanol–water partition coefficient (Wildman–Crippen LogP) is 6.64. The van der Waals surface area contributed by atoms with Crippen molar-refractivity contribution in [2.45, 2.75) is 33.4 Å². The quantitative estimate of drug-likeness (QED) is 0.182. The van der Waals surface area contributed by atoms with Crippen LogP contribution in [0.25, 0.3) is 6.08 Å². The number of hydrogen-bond acceptors (Lipinski definition) is 6. The molecule has 4 rings (SSSR count). The summed E-state index contributed by atoms with van der Waals surface area (Å²) >= 11 is 7.03. The summed E-state index contributed by atoms with van der Waals surface area (Å²) < 4.78 is 18.7. The monoisotopic (exact) mass is 670 g/mol. The first-order valence-corrected chi connectivity index (χ1v) is 14.3. The smallest absolute Gasteiger partial charge is 0.331 e. The van der Waals surface area contributed by atoms with Crippen LogP contribution in [0, 0.1) is 0 Å². The first kappa shape index (κ1) is 29.4. The maximum absolute atomic E-state index is 13.3. The molecule has 0 saturated carbocycles. The van der Waals surface area contributed by atoms with Crippen molar-refractivity contribution in [1.29, 1.82) is 0 Å². The maximum Gasteiger partial charge on any atom is 0.331 e. The Morgan fingerprint density at radius 1 is 0.850 bits per heavy atom. The second-order valence-electron chi connectivity index (χ2n) is 8.86. The predicted molar refractivity (Wildman–Crippen MR) is 158 cm³/mol. The number of rotatable bonds is 11. The van der Waals surface area contributed by atoms with E-state index in [-0.39, 0.29) is 12.1 Å². The molecule has 0 radical (unpaired) electrons. The van der Waals surface area contributed by atoms with Crippen LogP contribution in [0.2, 0.25) is 0 Å². The zero-order chi connectivity index (χ0) is 28.6. The van der Waals surface area contributed by atoms with Crippen LogP contribution in [0.4, 0.5) is 4.79 Å². The highest BCUT2D eigenvalue weighted by Gasteiger charge is 2.36. The Morgan fingerprint density at radius 2 is 1.57 bits per heavy atom. The minimum absolute atomic E-state index is 0.0525. The van der Waals surface area contributed by atoms with E-state index in [1.807, 2.05) is 44.2 Å². The van der Waals surface area contributed by atoms with Crippen LogP contribution in [0.1, 0.15) is 37.0 Å². The lowest BCUT2D eigenvalue weighted by Gasteiger charge is -2.26. The highest BCUT2D eigenvalue weighted by molar-refractivity contribution is 9.11. The van der Waals surface area contributed by atoms with E-state index in [4.69, 9.17) is 14.2 Å². The molecule has 0 unspecified atom stereocenters. The molecule has 3 aromatic carbocycles. The van der Waals surface area contributed by atoms with Gasteiger partial charge >= 0.3 is 6.03 Å². The lowest BCUT2D eigenvalue weighted by molar-refractivity contribution is -0.130. The normalized spacial score (nSPS) is 14.3. The summed E-state index contributed by atoms with van der Waals surface area (Å²) in [4.78, 5) is 39.6. The molecular weight excluding hydrogens is 644 g/mol. The standard InChI is InChI=1S/C30H28Br2N2O6/c1-3-12-39-25-11-10-20(16-26(25)38-4-2)17-34-29(36)22(28(35)33-30(34)37)13-21-14-23(31)27(24(32)15-21)40-18-19-8-6-5-7-9-19/h5-11,13-16H,3-4,12,17-18H2,1-2H3,(H,33,35,37)/b22-13+. The van der Waals surface area contributed by atoms with Crippen LogP contribution in [-0.4, -0.2) is 36.0 Å². The molecule has 1 aliphatic rings. The molecule has 4 amide bonds. The fraction of sp³-hybridized carbons (Fsp3) is 0.233. The molecule has 0 atom stereocenters. The number of carbonyl (C=O) groups is 3. The summed E-state index contributed by atoms with van der Waals surface area (Å²) in [6.07, 6.45) is 2.29. The third kappa shape index (κ3) is 7.11. The number of nitrogens with zero attached hydrogens (tertiary/aromatic N) is 1. The molecule has 1 N–H and O–H groups in total. The number of urea groups is 1. The van der Waals surface area contributed by atoms with Gasteiger partial charge in [-0.05, 0) is 92.2 Å². The van der Waals surface area contributed by atoms with Crippen molar-refractivity contribution < 1.29 is 28.6 Å². The number of barbiturate groups is 1. The first-order valence-electron chi connectivity index (χ1n) is 12.7. The van der Waals surface area contributed by atoms with E-state index < -0.39 is 17.8 Å². The minimum atomic E-state index is -0.788. The molecule has 0 aliphatic carbocycles. The van der Waals surface area contributed by atoms with Crippen molar-refractivity contribution in [1.82, 2.24) is 10.2 Å². The zero-order valence-electron chi connectivity index (χ0n) is 22.0. The van der Waals surface area contributed by atoms with E-state index in [1.54, 1.807) is 30.3 Å². The van der Waals surface area contributed by atoms with Gasteiger partial charge in [-0.25, -0.2) is 4.79 Å². The zero-order valence-corrected chi connectivity index (χ0v) is 25.2. The topological polar surface area (TPSA) is 94.2 Å². The Kier molecular flexibility index (Phi) is 10.0. The van der Waals surface area contributed by atoms with Crippen LogP contribution in [0.15, 0.2) is 75.2 Å². The molecule has 1 fully saturated rings. The second-order valence-corrected chi connectivity index (χ2v) is 10.6. The average Bonchev–Trinajstić information content (AvgIpc) is 2.93. The molecule has 1 saturated heterocycles. The number of hydrogen-bond donors (Lipinski definition) is 1. The summed E-state index contributed by atoms with van der Waals surface area (Å²) in [5.74, 6) is 0.231. The van der Waals surface area contributed by atoms with E-state index in [2.05, 4.69) is 37.2 Å². The number of ether oxygens (including phenoxy) is 3. The Morgan fingerprint density at radius 3 is 2.25 bits per heavy atom. The fourth-order valence-corrected chi connectivity index (χ4v) is 5.42. The SMILES string of the molecule is CCCOc1ccc(CN2C(=O)NC(=O)/C(=C\c3cc(Br)c(OCc4ccccc4)c(Br)c3)C2=O)cc1OCC. The molecule has 0 spiro atoms. The van der Waals surface area contributed by atoms with E-state index >= 15 is 0 Å². The number of halogens is 2. The Hall–Kier alpha value is -3.63. The molecule has 1 heterocycles. The molecule has 10 heteroatoms. The first-order chi connectivity index (χ1) is 19.3. The highest BCUT2D eigenvalue weighted by Crippen LogP contribution is 2.36. The summed E-state index contributed by atoms with van der Waals surface area (Å²) in [6.45, 7) is 5.15. The molecule has 3 aromatic rings. The molecule has 8 nitrogen and oxygen atoms in total. The van der Waals surface area contributed by atoms with E-state index in [0.29, 0.717) is 57.1 Å². The van der Waals surface area contributed by atoms with Gasteiger partial charge in [-0.3, -0.25) is 19.8 Å². The van der Waals surface area contributed by atoms with Crippen molar-refractivity contribution in [3.05, 3.63) is 91.9 Å². The number of nitrogens with one attached hydrogen (secondary N) is 1. The molecule has 1 aliphatic heterocycles. The summed E-state index contributed by atoms with van der Waals surface area (Å²) in [5, 5.41) is 2.26. The van der Waals surface area contributed by atoms with Gasteiger partial charge in [-0.1, -0.05) is 43.3 Å². The average molecular weight is 672 g/mol. The van der Waals surface area contributed by atoms with E-state index in [9.17, 15) is 14.4 Å². The molecular formula is C30H28Br2N2O6. The van der Waals surface area contributed by atoms with Crippen LogP contribution < -0.4 is 19.5 Å². The van der Waals surface area contributed by atoms with Crippen molar-refractivity contribution >= 4 is 55.8 Å². The van der Waals surface area contributed by atoms with Crippen LogP contribution in [0.5, 0.6) is 17.2 Å². The Bertz CT molecular complexity index is 1420. The Labute approximate surface area is 249 Å². The molecule has 208 valence electrons. The van der Waals surface area contributed by atoms with Gasteiger partial charge in [0.05, 0.1) is 28.7 Å². The van der Waals surface area contributed by atoms with Crippen LogP contribution in [-0.2, 0) is 22.7 Å². The van der Waals surface area contributed by atoms with Crippen molar-refractivity contribution in [3.8, 4) is 17.2 Å². The highest BCUT2D eigenvalue weighted by atomic mass is 79.9. The molecule has 0 aromatic heterocycles. The third-order valence-corrected chi connectivity index (χ3v) is 7.03. The van der Waals surface area contributed by atoms with Gasteiger partial charge in [-0.2, -0.15) is 0 Å². The van der Waals surface area contributed by atoms with Gasteiger partial charge in [0.1, 0.15) is 17.9 Å². The number of amides is 4. The number of imide groups is 2. The number of benzene rings is 3. The van der Waals surface area contributed by atoms with Crippen LogP contribution in [0.3, 0.4) is 0 Å². The van der Waals surface area contributed by atoms with Gasteiger partial charge in [-0.15, -0.1) is 0 Å². The summed E-state index contributed by atoms with van der Waals surface area (Å²) in [7, 11) is 0.